The molecule has 0 atom stereocenters. The van der Waals surface area contributed by atoms with Gasteiger partial charge in [0.15, 0.2) is 5.82 Å². The van der Waals surface area contributed by atoms with Crippen molar-refractivity contribution in [3.05, 3.63) is 47.4 Å². The third-order valence-electron chi connectivity index (χ3n) is 4.31. The number of pyridine rings is 1. The minimum Gasteiger partial charge on any atom is -0.496 e. The fourth-order valence-corrected chi connectivity index (χ4v) is 3.13. The SMILES string of the molecule is COc1cc(N(C)C(C)=O)c(Cl)cc1-c1nc(C)c(-c2cccnc2)n1O. The van der Waals surface area contributed by atoms with Crippen molar-refractivity contribution in [3.8, 4) is 28.4 Å². The predicted molar refractivity (Wildman–Crippen MR) is 103 cm³/mol. The Hall–Kier alpha value is -3.06. The molecule has 0 bridgehead atoms. The number of nitrogens with zero attached hydrogens (tertiary/aromatic N) is 4. The van der Waals surface area contributed by atoms with E-state index in [1.54, 1.807) is 44.6 Å². The summed E-state index contributed by atoms with van der Waals surface area (Å²) in [6, 6.07) is 6.89. The number of imidazole rings is 1. The van der Waals surface area contributed by atoms with Crippen LogP contribution < -0.4 is 9.64 Å². The number of anilines is 1. The summed E-state index contributed by atoms with van der Waals surface area (Å²) in [4.78, 5) is 21.7. The van der Waals surface area contributed by atoms with Gasteiger partial charge in [-0.05, 0) is 25.1 Å². The van der Waals surface area contributed by atoms with Gasteiger partial charge in [0.25, 0.3) is 0 Å². The lowest BCUT2D eigenvalue weighted by Gasteiger charge is -2.19. The van der Waals surface area contributed by atoms with Crippen LogP contribution in [0, 0.1) is 6.92 Å². The number of hydrogen-bond acceptors (Lipinski definition) is 5. The molecule has 1 N–H and O–H groups in total. The quantitative estimate of drug-likeness (QED) is 0.690. The number of carbonyl (C=O) groups excluding carboxylic acids is 1. The number of amides is 1. The normalized spacial score (nSPS) is 10.7. The Bertz CT molecular complexity index is 1000. The van der Waals surface area contributed by atoms with Crippen LogP contribution in [-0.2, 0) is 4.79 Å². The molecule has 0 aliphatic heterocycles. The number of hydrogen-bond donors (Lipinski definition) is 1. The second-order valence-electron chi connectivity index (χ2n) is 6.00. The van der Waals surface area contributed by atoms with E-state index in [4.69, 9.17) is 16.3 Å². The van der Waals surface area contributed by atoms with Gasteiger partial charge < -0.3 is 14.8 Å². The molecule has 0 fully saturated rings. The molecule has 0 aliphatic carbocycles. The number of rotatable bonds is 4. The second kappa shape index (κ2) is 7.28. The maximum Gasteiger partial charge on any atom is 0.223 e. The lowest BCUT2D eigenvalue weighted by molar-refractivity contribution is -0.116. The molecule has 2 heterocycles. The van der Waals surface area contributed by atoms with Crippen molar-refractivity contribution < 1.29 is 14.7 Å². The molecule has 27 heavy (non-hydrogen) atoms. The molecule has 8 heteroatoms. The Morgan fingerprint density at radius 3 is 2.70 bits per heavy atom. The van der Waals surface area contributed by atoms with Crippen molar-refractivity contribution >= 4 is 23.2 Å². The fraction of sp³-hybridized carbons (Fsp3) is 0.211. The van der Waals surface area contributed by atoms with Crippen LogP contribution in [0.2, 0.25) is 5.02 Å². The summed E-state index contributed by atoms with van der Waals surface area (Å²) in [7, 11) is 3.13. The van der Waals surface area contributed by atoms with Gasteiger partial charge in [0, 0.05) is 38.0 Å². The topological polar surface area (TPSA) is 80.5 Å². The Kier molecular flexibility index (Phi) is 5.05. The molecule has 0 unspecified atom stereocenters. The number of aromatic nitrogens is 3. The van der Waals surface area contributed by atoms with Gasteiger partial charge in [-0.25, -0.2) is 4.98 Å². The van der Waals surface area contributed by atoms with Gasteiger partial charge in [-0.15, -0.1) is 0 Å². The summed E-state index contributed by atoms with van der Waals surface area (Å²) in [6.07, 6.45) is 3.31. The monoisotopic (exact) mass is 386 g/mol. The van der Waals surface area contributed by atoms with E-state index in [-0.39, 0.29) is 11.7 Å². The van der Waals surface area contributed by atoms with Gasteiger partial charge in [0.1, 0.15) is 11.4 Å². The molecule has 3 aromatic rings. The van der Waals surface area contributed by atoms with Crippen molar-refractivity contribution in [2.75, 3.05) is 19.1 Å². The molecule has 0 saturated heterocycles. The van der Waals surface area contributed by atoms with Crippen LogP contribution >= 0.6 is 11.6 Å². The van der Waals surface area contributed by atoms with E-state index in [2.05, 4.69) is 9.97 Å². The Morgan fingerprint density at radius 2 is 2.11 bits per heavy atom. The number of benzene rings is 1. The van der Waals surface area contributed by atoms with Crippen molar-refractivity contribution in [1.29, 1.82) is 0 Å². The van der Waals surface area contributed by atoms with Gasteiger partial charge in [0.2, 0.25) is 5.91 Å². The van der Waals surface area contributed by atoms with E-state index in [0.717, 1.165) is 10.3 Å². The highest BCUT2D eigenvalue weighted by Gasteiger charge is 2.22. The minimum absolute atomic E-state index is 0.162. The molecule has 0 saturated carbocycles. The molecule has 1 amide bonds. The van der Waals surface area contributed by atoms with Crippen LogP contribution in [0.15, 0.2) is 36.7 Å². The Balaban J connectivity index is 2.18. The lowest BCUT2D eigenvalue weighted by Crippen LogP contribution is -2.23. The molecular formula is C19H19ClN4O3. The number of methoxy groups -OCH3 is 1. The molecule has 3 rings (SSSR count). The third-order valence-corrected chi connectivity index (χ3v) is 4.61. The van der Waals surface area contributed by atoms with Gasteiger partial charge >= 0.3 is 0 Å². The summed E-state index contributed by atoms with van der Waals surface area (Å²) in [5.74, 6) is 0.549. The number of aryl methyl sites for hydroxylation is 1. The zero-order valence-corrected chi connectivity index (χ0v) is 16.2. The Morgan fingerprint density at radius 1 is 1.37 bits per heavy atom. The summed E-state index contributed by atoms with van der Waals surface area (Å²) >= 11 is 6.39. The highest BCUT2D eigenvalue weighted by molar-refractivity contribution is 6.34. The van der Waals surface area contributed by atoms with Crippen molar-refractivity contribution in [3.63, 3.8) is 0 Å². The van der Waals surface area contributed by atoms with Crippen LogP contribution in [0.5, 0.6) is 5.75 Å². The first-order valence-corrected chi connectivity index (χ1v) is 8.54. The largest absolute Gasteiger partial charge is 0.496 e. The minimum atomic E-state index is -0.162. The molecule has 0 aliphatic rings. The van der Waals surface area contributed by atoms with Gasteiger partial charge in [-0.2, -0.15) is 4.73 Å². The van der Waals surface area contributed by atoms with Crippen LogP contribution in [-0.4, -0.2) is 40.0 Å². The van der Waals surface area contributed by atoms with E-state index in [1.807, 2.05) is 6.07 Å². The van der Waals surface area contributed by atoms with Gasteiger partial charge in [0.05, 0.1) is 29.1 Å². The standard InChI is InChI=1S/C19H19ClN4O3/c1-11-18(13-6-5-7-21-10-13)24(26)19(22-11)14-8-15(20)16(9-17(14)27-4)23(3)12(2)25/h5-10,26H,1-4H3. The van der Waals surface area contributed by atoms with Crippen LogP contribution in [0.25, 0.3) is 22.6 Å². The van der Waals surface area contributed by atoms with E-state index < -0.39 is 0 Å². The van der Waals surface area contributed by atoms with E-state index >= 15 is 0 Å². The van der Waals surface area contributed by atoms with Crippen molar-refractivity contribution in [2.45, 2.75) is 13.8 Å². The first kappa shape index (κ1) is 18.7. The van der Waals surface area contributed by atoms with Crippen LogP contribution in [0.4, 0.5) is 5.69 Å². The average molecular weight is 387 g/mol. The summed E-state index contributed by atoms with van der Waals surface area (Å²) in [5.41, 5.74) is 2.90. The highest BCUT2D eigenvalue weighted by Crippen LogP contribution is 2.39. The van der Waals surface area contributed by atoms with Crippen LogP contribution in [0.3, 0.4) is 0 Å². The Labute approximate surface area is 161 Å². The predicted octanol–water partition coefficient (Wildman–Crippen LogP) is 3.80. The summed E-state index contributed by atoms with van der Waals surface area (Å²) in [5, 5.41) is 11.1. The maximum absolute atomic E-state index is 11.7. The van der Waals surface area contributed by atoms with Crippen molar-refractivity contribution in [2.24, 2.45) is 0 Å². The highest BCUT2D eigenvalue weighted by atomic mass is 35.5. The zero-order valence-electron chi connectivity index (χ0n) is 15.4. The first-order chi connectivity index (χ1) is 12.8. The lowest BCUT2D eigenvalue weighted by atomic mass is 10.1. The number of ether oxygens (including phenoxy) is 1. The average Bonchev–Trinajstić information content (AvgIpc) is 2.95. The number of halogens is 1. The molecule has 2 aromatic heterocycles. The molecule has 0 radical (unpaired) electrons. The molecular weight excluding hydrogens is 368 g/mol. The molecule has 140 valence electrons. The summed E-state index contributed by atoms with van der Waals surface area (Å²) < 4.78 is 6.46. The van der Waals surface area contributed by atoms with Gasteiger partial charge in [-0.1, -0.05) is 11.6 Å². The molecule has 0 spiro atoms. The molecule has 1 aromatic carbocycles. The fourth-order valence-electron chi connectivity index (χ4n) is 2.84. The van der Waals surface area contributed by atoms with Gasteiger partial charge in [-0.3, -0.25) is 9.78 Å². The second-order valence-corrected chi connectivity index (χ2v) is 6.41. The van der Waals surface area contributed by atoms with Crippen molar-refractivity contribution in [1.82, 2.24) is 14.7 Å². The van der Waals surface area contributed by atoms with E-state index in [0.29, 0.717) is 33.4 Å². The van der Waals surface area contributed by atoms with E-state index in [9.17, 15) is 10.0 Å². The summed E-state index contributed by atoms with van der Waals surface area (Å²) in [6.45, 7) is 3.24. The zero-order chi connectivity index (χ0) is 19.7. The number of carbonyl (C=O) groups is 1. The smallest absolute Gasteiger partial charge is 0.223 e. The first-order valence-electron chi connectivity index (χ1n) is 8.16. The molecule has 7 nitrogen and oxygen atoms in total. The van der Waals surface area contributed by atoms with Crippen LogP contribution in [0.1, 0.15) is 12.6 Å². The third kappa shape index (κ3) is 3.33. The van der Waals surface area contributed by atoms with E-state index in [1.165, 1.54) is 18.9 Å². The maximum atomic E-state index is 11.7.